The van der Waals surface area contributed by atoms with Crippen LogP contribution in [0.5, 0.6) is 0 Å². The number of H-pyrrole nitrogens is 1. The Morgan fingerprint density at radius 3 is 2.66 bits per heavy atom. The number of rotatable bonds is 5. The molecule has 0 aliphatic heterocycles. The van der Waals surface area contributed by atoms with Crippen molar-refractivity contribution in [2.45, 2.75) is 13.5 Å². The summed E-state index contributed by atoms with van der Waals surface area (Å²) in [5.41, 5.74) is 4.50. The molecule has 3 heterocycles. The highest BCUT2D eigenvalue weighted by molar-refractivity contribution is 6.03. The van der Waals surface area contributed by atoms with E-state index in [2.05, 4.69) is 29.5 Å². The Morgan fingerprint density at radius 1 is 1.09 bits per heavy atom. The molecular weight excluding hydrogens is 406 g/mol. The molecule has 2 N–H and O–H groups in total. The first kappa shape index (κ1) is 19.5. The van der Waals surface area contributed by atoms with Gasteiger partial charge >= 0.3 is 5.76 Å². The van der Waals surface area contributed by atoms with Crippen molar-refractivity contribution in [2.75, 3.05) is 5.32 Å². The second-order valence-electron chi connectivity index (χ2n) is 7.53. The van der Waals surface area contributed by atoms with Crippen LogP contribution >= 0.6 is 0 Å². The maximum Gasteiger partial charge on any atom is 0.439 e. The van der Waals surface area contributed by atoms with Gasteiger partial charge in [0.05, 0.1) is 0 Å². The Bertz CT molecular complexity index is 1460. The Morgan fingerprint density at radius 2 is 1.94 bits per heavy atom. The second-order valence-corrected chi connectivity index (χ2v) is 7.53. The number of aromatic nitrogens is 4. The average Bonchev–Trinajstić information content (AvgIpc) is 3.42. The lowest BCUT2D eigenvalue weighted by Gasteiger charge is -2.08. The van der Waals surface area contributed by atoms with Gasteiger partial charge in [-0.05, 0) is 60.5 Å². The Hall–Kier alpha value is -4.46. The van der Waals surface area contributed by atoms with E-state index in [4.69, 9.17) is 0 Å². The molecule has 0 spiro atoms. The summed E-state index contributed by atoms with van der Waals surface area (Å²) >= 11 is 0. The fourth-order valence-corrected chi connectivity index (χ4v) is 3.53. The van der Waals surface area contributed by atoms with Gasteiger partial charge in [-0.1, -0.05) is 23.4 Å². The van der Waals surface area contributed by atoms with E-state index in [0.29, 0.717) is 23.8 Å². The molecule has 32 heavy (non-hydrogen) atoms. The molecular formula is C24H19N5O3. The SMILES string of the molecule is Cc1ccc(NC(=O)c2ccc(Cn3ccc4cc(-c5noc(=O)[nH]5)ccc43)cc2)nc1. The van der Waals surface area contributed by atoms with E-state index in [1.807, 2.05) is 67.7 Å². The summed E-state index contributed by atoms with van der Waals surface area (Å²) in [5.74, 6) is 0.152. The highest BCUT2D eigenvalue weighted by Crippen LogP contribution is 2.23. The Balaban J connectivity index is 1.31. The number of aromatic amines is 1. The first-order valence-corrected chi connectivity index (χ1v) is 10.0. The number of nitrogens with one attached hydrogen (secondary N) is 2. The molecule has 5 aromatic rings. The van der Waals surface area contributed by atoms with Crippen molar-refractivity contribution in [3.05, 3.63) is 100 Å². The van der Waals surface area contributed by atoms with Crippen LogP contribution in [0.4, 0.5) is 5.82 Å². The third kappa shape index (κ3) is 3.93. The minimum absolute atomic E-state index is 0.197. The predicted molar refractivity (Wildman–Crippen MR) is 121 cm³/mol. The number of nitrogens with zero attached hydrogens (tertiary/aromatic N) is 3. The molecule has 158 valence electrons. The molecule has 0 bridgehead atoms. The Kier molecular flexibility index (Phi) is 4.87. The molecule has 0 aliphatic carbocycles. The summed E-state index contributed by atoms with van der Waals surface area (Å²) in [7, 11) is 0. The number of hydrogen-bond acceptors (Lipinski definition) is 5. The highest BCUT2D eigenvalue weighted by atomic mass is 16.5. The van der Waals surface area contributed by atoms with Gasteiger partial charge in [0.25, 0.3) is 5.91 Å². The third-order valence-corrected chi connectivity index (χ3v) is 5.21. The first-order valence-electron chi connectivity index (χ1n) is 10.0. The fraction of sp³-hybridized carbons (Fsp3) is 0.0833. The lowest BCUT2D eigenvalue weighted by molar-refractivity contribution is 0.102. The lowest BCUT2D eigenvalue weighted by Crippen LogP contribution is -2.13. The van der Waals surface area contributed by atoms with Gasteiger partial charge in [-0.15, -0.1) is 0 Å². The van der Waals surface area contributed by atoms with Crippen molar-refractivity contribution in [3.63, 3.8) is 0 Å². The van der Waals surface area contributed by atoms with E-state index in [1.54, 1.807) is 12.3 Å². The number of aryl methyl sites for hydroxylation is 1. The number of fused-ring (bicyclic) bond motifs is 1. The third-order valence-electron chi connectivity index (χ3n) is 5.21. The molecule has 0 radical (unpaired) electrons. The van der Waals surface area contributed by atoms with Crippen LogP contribution in [0.1, 0.15) is 21.5 Å². The molecule has 8 nitrogen and oxygen atoms in total. The molecule has 0 fully saturated rings. The van der Waals surface area contributed by atoms with Crippen molar-refractivity contribution in [2.24, 2.45) is 0 Å². The second kappa shape index (κ2) is 7.99. The summed E-state index contributed by atoms with van der Waals surface area (Å²) in [6.45, 7) is 2.61. The number of benzene rings is 2. The number of carbonyl (C=O) groups is 1. The summed E-state index contributed by atoms with van der Waals surface area (Å²) in [6.07, 6.45) is 3.72. The van der Waals surface area contributed by atoms with E-state index in [9.17, 15) is 9.59 Å². The van der Waals surface area contributed by atoms with E-state index < -0.39 is 5.76 Å². The zero-order valence-corrected chi connectivity index (χ0v) is 17.2. The minimum atomic E-state index is -0.579. The predicted octanol–water partition coefficient (Wildman–Crippen LogP) is 3.99. The maximum absolute atomic E-state index is 12.5. The zero-order valence-electron chi connectivity index (χ0n) is 17.2. The molecule has 0 unspecified atom stereocenters. The normalized spacial score (nSPS) is 11.0. The van der Waals surface area contributed by atoms with E-state index >= 15 is 0 Å². The summed E-state index contributed by atoms with van der Waals surface area (Å²) in [5, 5.41) is 7.56. The molecule has 5 rings (SSSR count). The van der Waals surface area contributed by atoms with Gasteiger partial charge < -0.3 is 9.88 Å². The Labute approximate surface area is 182 Å². The quantitative estimate of drug-likeness (QED) is 0.443. The smallest absolute Gasteiger partial charge is 0.343 e. The van der Waals surface area contributed by atoms with Crippen molar-refractivity contribution >= 4 is 22.6 Å². The molecule has 0 saturated heterocycles. The van der Waals surface area contributed by atoms with Crippen molar-refractivity contribution < 1.29 is 9.32 Å². The molecule has 0 aliphatic rings. The van der Waals surface area contributed by atoms with Gasteiger partial charge in [0.2, 0.25) is 0 Å². The van der Waals surface area contributed by atoms with Crippen LogP contribution in [-0.2, 0) is 6.54 Å². The summed E-state index contributed by atoms with van der Waals surface area (Å²) in [6, 6.07) is 19.0. The monoisotopic (exact) mass is 425 g/mol. The van der Waals surface area contributed by atoms with Crippen LogP contribution in [0.15, 0.2) is 82.4 Å². The van der Waals surface area contributed by atoms with Gasteiger partial charge in [0, 0.05) is 41.0 Å². The maximum atomic E-state index is 12.5. The van der Waals surface area contributed by atoms with Crippen LogP contribution in [0.25, 0.3) is 22.3 Å². The number of pyridine rings is 1. The van der Waals surface area contributed by atoms with Crippen LogP contribution in [-0.4, -0.2) is 25.6 Å². The lowest BCUT2D eigenvalue weighted by atomic mass is 10.1. The average molecular weight is 425 g/mol. The van der Waals surface area contributed by atoms with Crippen LogP contribution in [0.2, 0.25) is 0 Å². The van der Waals surface area contributed by atoms with E-state index in [0.717, 1.165) is 27.6 Å². The minimum Gasteiger partial charge on any atom is -0.343 e. The molecule has 8 heteroatoms. The van der Waals surface area contributed by atoms with Gasteiger partial charge in [-0.3, -0.25) is 14.3 Å². The molecule has 0 atom stereocenters. The highest BCUT2D eigenvalue weighted by Gasteiger charge is 2.09. The zero-order chi connectivity index (χ0) is 22.1. The summed E-state index contributed by atoms with van der Waals surface area (Å²) in [4.78, 5) is 30.4. The van der Waals surface area contributed by atoms with Gasteiger partial charge in [-0.2, -0.15) is 0 Å². The number of hydrogen-bond donors (Lipinski definition) is 2. The molecule has 0 saturated carbocycles. The standard InChI is InChI=1S/C24H19N5O3/c1-15-2-9-21(25-13-15)26-23(30)17-5-3-16(4-6-17)14-29-11-10-18-12-19(7-8-20(18)29)22-27-24(31)32-28-22/h2-13H,14H2,1H3,(H,25,26,30)(H,27,28,31). The number of amides is 1. The van der Waals surface area contributed by atoms with Crippen LogP contribution in [0.3, 0.4) is 0 Å². The van der Waals surface area contributed by atoms with Gasteiger partial charge in [0.1, 0.15) is 5.82 Å². The number of anilines is 1. The molecule has 3 aromatic heterocycles. The van der Waals surface area contributed by atoms with E-state index in [1.165, 1.54) is 0 Å². The number of carbonyl (C=O) groups excluding carboxylic acids is 1. The van der Waals surface area contributed by atoms with Crippen molar-refractivity contribution in [1.29, 1.82) is 0 Å². The van der Waals surface area contributed by atoms with Crippen LogP contribution < -0.4 is 11.1 Å². The molecule has 2 aromatic carbocycles. The fourth-order valence-electron chi connectivity index (χ4n) is 3.53. The van der Waals surface area contributed by atoms with Crippen LogP contribution in [0, 0.1) is 6.92 Å². The van der Waals surface area contributed by atoms with E-state index in [-0.39, 0.29) is 5.91 Å². The topological polar surface area (TPSA) is 106 Å². The first-order chi connectivity index (χ1) is 15.5. The van der Waals surface area contributed by atoms with Crippen molar-refractivity contribution in [3.8, 4) is 11.4 Å². The molecule has 1 amide bonds. The van der Waals surface area contributed by atoms with Crippen molar-refractivity contribution in [1.82, 2.24) is 19.7 Å². The van der Waals surface area contributed by atoms with Gasteiger partial charge in [0.15, 0.2) is 5.82 Å². The van der Waals surface area contributed by atoms with Gasteiger partial charge in [-0.25, -0.2) is 9.78 Å². The largest absolute Gasteiger partial charge is 0.439 e. The summed E-state index contributed by atoms with van der Waals surface area (Å²) < 4.78 is 6.70.